The number of allylic oxidation sites excluding steroid dienone is 2. The van der Waals surface area contributed by atoms with Gasteiger partial charge in [0.15, 0.2) is 20.3 Å². The van der Waals surface area contributed by atoms with E-state index in [1.807, 2.05) is 0 Å². The Hall–Kier alpha value is -0.483. The van der Waals surface area contributed by atoms with Crippen LogP contribution in [-0.4, -0.2) is 26.9 Å². The Morgan fingerprint density at radius 3 is 2.41 bits per heavy atom. The van der Waals surface area contributed by atoms with Gasteiger partial charge in [-0.05, 0) is 103 Å². The summed E-state index contributed by atoms with van der Waals surface area (Å²) in [7, 11) is -1.73. The van der Waals surface area contributed by atoms with E-state index in [1.54, 1.807) is 6.08 Å². The third-order valence-corrected chi connectivity index (χ3v) is 15.9. The molecule has 2 nitrogen and oxygen atoms in total. The normalized spacial score (nSPS) is 45.2. The van der Waals surface area contributed by atoms with Crippen LogP contribution < -0.4 is 0 Å². The fraction of sp³-hybridized carbons (Fsp3) is 0.893. The highest BCUT2D eigenvalue weighted by Crippen LogP contribution is 2.67. The van der Waals surface area contributed by atoms with Gasteiger partial charge < -0.3 is 4.43 Å². The van der Waals surface area contributed by atoms with E-state index in [0.717, 1.165) is 31.3 Å². The van der Waals surface area contributed by atoms with Crippen LogP contribution in [0.15, 0.2) is 12.2 Å². The molecule has 4 aliphatic rings. The van der Waals surface area contributed by atoms with Crippen LogP contribution >= 0.6 is 0 Å². The molecule has 9 atom stereocenters. The van der Waals surface area contributed by atoms with E-state index in [-0.39, 0.29) is 22.2 Å². The number of carbonyl (C=O) groups is 1. The molecule has 0 bridgehead atoms. The Morgan fingerprint density at radius 1 is 1.09 bits per heavy atom. The maximum absolute atomic E-state index is 14.9. The molecule has 32 heavy (non-hydrogen) atoms. The van der Waals surface area contributed by atoms with E-state index in [2.05, 4.69) is 60.7 Å². The number of carbonyl (C=O) groups excluding carboxylic acids is 1. The topological polar surface area (TPSA) is 26.3 Å². The van der Waals surface area contributed by atoms with E-state index in [9.17, 15) is 9.18 Å². The summed E-state index contributed by atoms with van der Waals surface area (Å²) in [6.45, 7) is 19.9. The minimum Gasteiger partial charge on any atom is -0.417 e. The smallest absolute Gasteiger partial charge is 0.191 e. The van der Waals surface area contributed by atoms with Crippen molar-refractivity contribution in [2.45, 2.75) is 104 Å². The van der Waals surface area contributed by atoms with Gasteiger partial charge in [0.25, 0.3) is 0 Å². The molecular weight excluding hydrogens is 415 g/mol. The van der Waals surface area contributed by atoms with Gasteiger partial charge in [0.2, 0.25) is 0 Å². The second-order valence-corrected chi connectivity index (χ2v) is 18.7. The Labute approximate surface area is 197 Å². The van der Waals surface area contributed by atoms with Gasteiger partial charge in [0.1, 0.15) is 0 Å². The number of fused-ring (bicyclic) bond motifs is 5. The molecule has 4 aliphatic carbocycles. The first-order chi connectivity index (χ1) is 14.7. The SMILES string of the molecule is CC(CO[Si](C)(C)C(C)(C)C)[C@H]1CC[C@H]2[C@@H]3CC[C@H]4C(F)C(=O)C=C[C@]4(C)[C@H]3CC[C@]12C. The molecular formula is C28H47FO2Si. The van der Waals surface area contributed by atoms with Crippen molar-refractivity contribution in [2.75, 3.05) is 6.61 Å². The lowest BCUT2D eigenvalue weighted by Gasteiger charge is -2.59. The molecule has 0 aliphatic heterocycles. The third-order valence-electron chi connectivity index (χ3n) is 11.4. The van der Waals surface area contributed by atoms with Gasteiger partial charge >= 0.3 is 0 Å². The van der Waals surface area contributed by atoms with Crippen LogP contribution in [0.5, 0.6) is 0 Å². The van der Waals surface area contributed by atoms with Crippen LogP contribution in [0.1, 0.15) is 80.1 Å². The fourth-order valence-electron chi connectivity index (χ4n) is 8.33. The second kappa shape index (κ2) is 8.04. The first kappa shape index (κ1) is 24.6. The van der Waals surface area contributed by atoms with Gasteiger partial charge in [-0.3, -0.25) is 4.79 Å². The minimum atomic E-state index is -1.73. The molecule has 0 aromatic rings. The summed E-state index contributed by atoms with van der Waals surface area (Å²) in [6, 6.07) is 0. The van der Waals surface area contributed by atoms with Crippen molar-refractivity contribution in [1.29, 1.82) is 0 Å². The predicted octanol–water partition coefficient (Wildman–Crippen LogP) is 7.60. The standard InChI is InChI=1S/C28H47FO2Si/c1-18(17-31-32(7,8)26(2,3)4)20-11-12-21-19-9-10-23-25(29)24(30)14-16-28(23,6)22(19)13-15-27(20,21)5/h14,16,18-23,25H,9-13,15,17H2,1-8H3/t18?,19-,20+,21-,22-,23-,25?,27+,28+/m0/s1. The summed E-state index contributed by atoms with van der Waals surface area (Å²) in [5, 5.41) is 0.254. The van der Waals surface area contributed by atoms with E-state index >= 15 is 0 Å². The summed E-state index contributed by atoms with van der Waals surface area (Å²) in [5.41, 5.74) is 0.233. The van der Waals surface area contributed by atoms with Crippen molar-refractivity contribution in [3.05, 3.63) is 12.2 Å². The molecule has 2 unspecified atom stereocenters. The molecule has 0 N–H and O–H groups in total. The molecule has 182 valence electrons. The summed E-state index contributed by atoms with van der Waals surface area (Å²) in [6.07, 6.45) is 9.42. The van der Waals surface area contributed by atoms with Crippen molar-refractivity contribution < 1.29 is 13.6 Å². The second-order valence-electron chi connectivity index (χ2n) is 13.8. The summed E-state index contributed by atoms with van der Waals surface area (Å²) >= 11 is 0. The molecule has 0 spiro atoms. The maximum Gasteiger partial charge on any atom is 0.191 e. The minimum absolute atomic E-state index is 0.111. The highest BCUT2D eigenvalue weighted by atomic mass is 28.4. The number of ketones is 1. The van der Waals surface area contributed by atoms with Gasteiger partial charge in [-0.2, -0.15) is 0 Å². The van der Waals surface area contributed by atoms with Crippen LogP contribution in [0.2, 0.25) is 18.1 Å². The number of rotatable bonds is 4. The lowest BCUT2D eigenvalue weighted by atomic mass is 9.45. The van der Waals surface area contributed by atoms with Crippen molar-refractivity contribution in [3.63, 3.8) is 0 Å². The first-order valence-electron chi connectivity index (χ1n) is 13.2. The monoisotopic (exact) mass is 462 g/mol. The van der Waals surface area contributed by atoms with Crippen LogP contribution in [0, 0.1) is 46.3 Å². The first-order valence-corrected chi connectivity index (χ1v) is 16.1. The van der Waals surface area contributed by atoms with Crippen molar-refractivity contribution in [3.8, 4) is 0 Å². The zero-order valence-electron chi connectivity index (χ0n) is 21.8. The average Bonchev–Trinajstić information content (AvgIpc) is 3.06. The number of hydrogen-bond acceptors (Lipinski definition) is 2. The molecule has 4 rings (SSSR count). The van der Waals surface area contributed by atoms with Crippen LogP contribution in [0.4, 0.5) is 4.39 Å². The van der Waals surface area contributed by atoms with Gasteiger partial charge in [-0.15, -0.1) is 0 Å². The van der Waals surface area contributed by atoms with E-state index < -0.39 is 14.5 Å². The molecule has 3 fully saturated rings. The summed E-state index contributed by atoms with van der Waals surface area (Å²) in [4.78, 5) is 12.0. The van der Waals surface area contributed by atoms with Crippen LogP contribution in [0.3, 0.4) is 0 Å². The molecule has 0 heterocycles. The highest BCUT2D eigenvalue weighted by molar-refractivity contribution is 6.74. The summed E-state index contributed by atoms with van der Waals surface area (Å²) in [5.74, 6) is 2.84. The Morgan fingerprint density at radius 2 is 1.75 bits per heavy atom. The largest absolute Gasteiger partial charge is 0.417 e. The molecule has 0 aromatic carbocycles. The number of hydrogen-bond donors (Lipinski definition) is 0. The lowest BCUT2D eigenvalue weighted by molar-refractivity contribution is -0.133. The average molecular weight is 463 g/mol. The number of halogens is 1. The Kier molecular flexibility index (Phi) is 6.19. The van der Waals surface area contributed by atoms with Gasteiger partial charge in [0, 0.05) is 12.5 Å². The number of alkyl halides is 1. The van der Waals surface area contributed by atoms with Crippen LogP contribution in [-0.2, 0) is 9.22 Å². The molecule has 0 radical (unpaired) electrons. The van der Waals surface area contributed by atoms with Gasteiger partial charge in [-0.1, -0.05) is 47.6 Å². The molecule has 0 aromatic heterocycles. The van der Waals surface area contributed by atoms with E-state index in [1.165, 1.54) is 25.7 Å². The molecule has 3 saturated carbocycles. The predicted molar refractivity (Wildman–Crippen MR) is 133 cm³/mol. The van der Waals surface area contributed by atoms with Crippen LogP contribution in [0.25, 0.3) is 0 Å². The quantitative estimate of drug-likeness (QED) is 0.402. The zero-order valence-corrected chi connectivity index (χ0v) is 22.8. The zero-order chi connectivity index (χ0) is 23.7. The molecule has 0 saturated heterocycles. The van der Waals surface area contributed by atoms with Crippen molar-refractivity contribution >= 4 is 14.1 Å². The maximum atomic E-state index is 14.9. The fourth-order valence-corrected chi connectivity index (χ4v) is 9.44. The highest BCUT2D eigenvalue weighted by Gasteiger charge is 2.61. The Balaban J connectivity index is 1.50. The lowest BCUT2D eigenvalue weighted by Crippen LogP contribution is -2.55. The van der Waals surface area contributed by atoms with Crippen molar-refractivity contribution in [2.24, 2.45) is 46.3 Å². The molecule has 0 amide bonds. The van der Waals surface area contributed by atoms with Gasteiger partial charge in [0.05, 0.1) is 0 Å². The van der Waals surface area contributed by atoms with Crippen molar-refractivity contribution in [1.82, 2.24) is 0 Å². The summed E-state index contributed by atoms with van der Waals surface area (Å²) < 4.78 is 21.5. The van der Waals surface area contributed by atoms with E-state index in [0.29, 0.717) is 23.2 Å². The third kappa shape index (κ3) is 3.70. The van der Waals surface area contributed by atoms with Gasteiger partial charge in [-0.25, -0.2) is 4.39 Å². The molecule has 4 heteroatoms. The Bertz CT molecular complexity index is 770. The van der Waals surface area contributed by atoms with E-state index in [4.69, 9.17) is 4.43 Å².